The van der Waals surface area contributed by atoms with Crippen LogP contribution in [0.2, 0.25) is 0 Å². The van der Waals surface area contributed by atoms with Gasteiger partial charge in [-0.1, -0.05) is 12.1 Å². The Morgan fingerprint density at radius 2 is 2.25 bits per heavy atom. The van der Waals surface area contributed by atoms with Crippen LogP contribution in [-0.4, -0.2) is 55.3 Å². The molecule has 0 bridgehead atoms. The molecule has 0 radical (unpaired) electrons. The first-order valence-electron chi connectivity index (χ1n) is 6.59. The first-order valence-corrected chi connectivity index (χ1v) is 6.59. The van der Waals surface area contributed by atoms with E-state index in [1.807, 2.05) is 4.90 Å². The van der Waals surface area contributed by atoms with Crippen molar-refractivity contribution in [1.29, 1.82) is 0 Å². The molecule has 6 heteroatoms. The molecular formula is C14H19FN2O3. The molecular weight excluding hydrogens is 263 g/mol. The Bertz CT molecular complexity index is 452. The lowest BCUT2D eigenvalue weighted by atomic mass is 10.1. The van der Waals surface area contributed by atoms with Gasteiger partial charge in [-0.15, -0.1) is 0 Å². The maximum Gasteiger partial charge on any atom is 0.250 e. The zero-order valence-electron chi connectivity index (χ0n) is 11.4. The van der Waals surface area contributed by atoms with Crippen LogP contribution in [0.4, 0.5) is 4.39 Å². The molecule has 2 rings (SSSR count). The topological polar surface area (TPSA) is 61.8 Å². The number of morpholine rings is 1. The number of halogens is 1. The van der Waals surface area contributed by atoms with Gasteiger partial charge in [-0.3, -0.25) is 9.69 Å². The molecule has 1 saturated heterocycles. The van der Waals surface area contributed by atoms with Crippen molar-refractivity contribution in [2.75, 3.05) is 33.3 Å². The lowest BCUT2D eigenvalue weighted by molar-refractivity contribution is -0.138. The van der Waals surface area contributed by atoms with Gasteiger partial charge in [-0.2, -0.15) is 0 Å². The molecule has 1 aromatic rings. The number of ether oxygens (including phenoxy) is 1. The van der Waals surface area contributed by atoms with Gasteiger partial charge in [-0.05, 0) is 17.7 Å². The summed E-state index contributed by atoms with van der Waals surface area (Å²) in [5.74, 6) is -0.488. The van der Waals surface area contributed by atoms with Crippen LogP contribution in [0, 0.1) is 5.82 Å². The summed E-state index contributed by atoms with van der Waals surface area (Å²) in [5.41, 5.74) is 0.661. The number of benzene rings is 1. The number of aliphatic hydroxyl groups is 1. The smallest absolute Gasteiger partial charge is 0.250 e. The average molecular weight is 282 g/mol. The molecule has 0 aromatic heterocycles. The number of β-amino-alcohol motifs (C(OH)–C–C–N with tert-alkyl or cyclic N) is 1. The highest BCUT2D eigenvalue weighted by Crippen LogP contribution is 2.16. The second kappa shape index (κ2) is 6.78. The molecule has 2 N–H and O–H groups in total. The van der Waals surface area contributed by atoms with Crippen molar-refractivity contribution in [3.63, 3.8) is 0 Å². The maximum absolute atomic E-state index is 12.8. The van der Waals surface area contributed by atoms with E-state index in [4.69, 9.17) is 4.74 Å². The molecule has 1 fully saturated rings. The first-order chi connectivity index (χ1) is 9.60. The van der Waals surface area contributed by atoms with Crippen molar-refractivity contribution in [2.24, 2.45) is 0 Å². The van der Waals surface area contributed by atoms with Gasteiger partial charge in [0.1, 0.15) is 11.9 Å². The largest absolute Gasteiger partial charge is 0.387 e. The zero-order valence-corrected chi connectivity index (χ0v) is 11.4. The van der Waals surface area contributed by atoms with Crippen LogP contribution in [0.5, 0.6) is 0 Å². The van der Waals surface area contributed by atoms with E-state index >= 15 is 0 Å². The predicted octanol–water partition coefficient (Wildman–Crippen LogP) is 0.306. The second-order valence-electron chi connectivity index (χ2n) is 4.80. The van der Waals surface area contributed by atoms with Crippen molar-refractivity contribution in [3.8, 4) is 0 Å². The van der Waals surface area contributed by atoms with Crippen molar-refractivity contribution in [2.45, 2.75) is 12.2 Å². The van der Waals surface area contributed by atoms with Gasteiger partial charge in [0.05, 0.1) is 12.7 Å². The summed E-state index contributed by atoms with van der Waals surface area (Å²) in [6.45, 7) is 1.94. The second-order valence-corrected chi connectivity index (χ2v) is 4.80. The summed E-state index contributed by atoms with van der Waals surface area (Å²) in [5, 5.41) is 12.7. The van der Waals surface area contributed by atoms with Gasteiger partial charge in [-0.25, -0.2) is 4.39 Å². The number of rotatable bonds is 4. The summed E-state index contributed by atoms with van der Waals surface area (Å²) in [7, 11) is 1.57. The van der Waals surface area contributed by atoms with Gasteiger partial charge in [0.25, 0.3) is 0 Å². The van der Waals surface area contributed by atoms with E-state index in [-0.39, 0.29) is 11.7 Å². The SMILES string of the molecule is CNC(=O)[C@@H]1CN(C[C@@H](O)c2ccc(F)cc2)CCO1. The Labute approximate surface area is 117 Å². The van der Waals surface area contributed by atoms with Gasteiger partial charge in [0.15, 0.2) is 0 Å². The number of nitrogens with zero attached hydrogens (tertiary/aromatic N) is 1. The standard InChI is InChI=1S/C14H19FN2O3/c1-16-14(19)13-9-17(6-7-20-13)8-12(18)10-2-4-11(15)5-3-10/h2-5,12-13,18H,6-9H2,1H3,(H,16,19)/t12-,13+/m1/s1. The van der Waals surface area contributed by atoms with E-state index in [0.717, 1.165) is 0 Å². The number of hydrogen-bond donors (Lipinski definition) is 2. The quantitative estimate of drug-likeness (QED) is 0.834. The highest BCUT2D eigenvalue weighted by molar-refractivity contribution is 5.80. The monoisotopic (exact) mass is 282 g/mol. The lowest BCUT2D eigenvalue weighted by Crippen LogP contribution is -2.50. The third-order valence-electron chi connectivity index (χ3n) is 3.38. The predicted molar refractivity (Wildman–Crippen MR) is 71.6 cm³/mol. The normalized spacial score (nSPS) is 21.4. The molecule has 0 saturated carbocycles. The summed E-state index contributed by atoms with van der Waals surface area (Å²) >= 11 is 0. The fraction of sp³-hybridized carbons (Fsp3) is 0.500. The number of aliphatic hydroxyl groups excluding tert-OH is 1. The minimum absolute atomic E-state index is 0.161. The molecule has 2 atom stereocenters. The van der Waals surface area contributed by atoms with Gasteiger partial charge in [0, 0.05) is 26.7 Å². The fourth-order valence-corrected chi connectivity index (χ4v) is 2.22. The number of hydrogen-bond acceptors (Lipinski definition) is 4. The minimum atomic E-state index is -0.709. The number of carbonyl (C=O) groups is 1. The number of amides is 1. The van der Waals surface area contributed by atoms with Crippen LogP contribution in [0.3, 0.4) is 0 Å². The van der Waals surface area contributed by atoms with E-state index in [1.165, 1.54) is 12.1 Å². The molecule has 5 nitrogen and oxygen atoms in total. The van der Waals surface area contributed by atoms with Crippen molar-refractivity contribution < 1.29 is 19.0 Å². The third-order valence-corrected chi connectivity index (χ3v) is 3.38. The van der Waals surface area contributed by atoms with Crippen LogP contribution < -0.4 is 5.32 Å². The molecule has 0 unspecified atom stereocenters. The Morgan fingerprint density at radius 1 is 1.55 bits per heavy atom. The van der Waals surface area contributed by atoms with Crippen LogP contribution in [0.25, 0.3) is 0 Å². The van der Waals surface area contributed by atoms with E-state index in [9.17, 15) is 14.3 Å². The number of nitrogens with one attached hydrogen (secondary N) is 1. The maximum atomic E-state index is 12.8. The lowest BCUT2D eigenvalue weighted by Gasteiger charge is -2.33. The Kier molecular flexibility index (Phi) is 5.05. The Morgan fingerprint density at radius 3 is 2.90 bits per heavy atom. The van der Waals surface area contributed by atoms with Gasteiger partial charge >= 0.3 is 0 Å². The van der Waals surface area contributed by atoms with Gasteiger partial charge in [0.2, 0.25) is 5.91 Å². The van der Waals surface area contributed by atoms with E-state index in [2.05, 4.69) is 5.32 Å². The van der Waals surface area contributed by atoms with Crippen LogP contribution in [-0.2, 0) is 9.53 Å². The molecule has 0 spiro atoms. The van der Waals surface area contributed by atoms with Gasteiger partial charge < -0.3 is 15.2 Å². The average Bonchev–Trinajstić information content (AvgIpc) is 2.47. The minimum Gasteiger partial charge on any atom is -0.387 e. The summed E-state index contributed by atoms with van der Waals surface area (Å²) in [6.07, 6.45) is -1.21. The van der Waals surface area contributed by atoms with E-state index in [1.54, 1.807) is 19.2 Å². The van der Waals surface area contributed by atoms with Crippen molar-refractivity contribution in [1.82, 2.24) is 10.2 Å². The highest BCUT2D eigenvalue weighted by atomic mass is 19.1. The molecule has 20 heavy (non-hydrogen) atoms. The molecule has 0 aliphatic carbocycles. The number of likely N-dealkylation sites (N-methyl/N-ethyl adjacent to an activating group) is 1. The third kappa shape index (κ3) is 3.75. The Balaban J connectivity index is 1.92. The fourth-order valence-electron chi connectivity index (χ4n) is 2.22. The molecule has 1 aliphatic heterocycles. The van der Waals surface area contributed by atoms with Crippen LogP contribution in [0.15, 0.2) is 24.3 Å². The molecule has 1 amide bonds. The summed E-state index contributed by atoms with van der Waals surface area (Å²) in [4.78, 5) is 13.5. The van der Waals surface area contributed by atoms with Crippen LogP contribution in [0.1, 0.15) is 11.7 Å². The highest BCUT2D eigenvalue weighted by Gasteiger charge is 2.27. The van der Waals surface area contributed by atoms with Crippen molar-refractivity contribution in [3.05, 3.63) is 35.6 Å². The summed E-state index contributed by atoms with van der Waals surface area (Å²) < 4.78 is 18.2. The molecule has 1 aliphatic rings. The first kappa shape index (κ1) is 14.9. The molecule has 1 heterocycles. The molecule has 1 aromatic carbocycles. The van der Waals surface area contributed by atoms with Crippen molar-refractivity contribution >= 4 is 5.91 Å². The summed E-state index contributed by atoms with van der Waals surface area (Å²) in [6, 6.07) is 5.78. The van der Waals surface area contributed by atoms with E-state index in [0.29, 0.717) is 31.8 Å². The van der Waals surface area contributed by atoms with Crippen LogP contribution >= 0.6 is 0 Å². The van der Waals surface area contributed by atoms with E-state index < -0.39 is 12.2 Å². The Hall–Kier alpha value is -1.50. The molecule has 110 valence electrons. The number of carbonyl (C=O) groups excluding carboxylic acids is 1. The zero-order chi connectivity index (χ0) is 14.5.